The Morgan fingerprint density at radius 3 is 2.81 bits per heavy atom. The highest BCUT2D eigenvalue weighted by molar-refractivity contribution is 5.26. The summed E-state index contributed by atoms with van der Waals surface area (Å²) in [7, 11) is 1.69. The van der Waals surface area contributed by atoms with E-state index in [0.29, 0.717) is 25.1 Å². The lowest BCUT2D eigenvalue weighted by Gasteiger charge is -2.22. The first-order valence-electron chi connectivity index (χ1n) is 5.55. The highest BCUT2D eigenvalue weighted by Gasteiger charge is 2.13. The molecule has 1 aromatic heterocycles. The van der Waals surface area contributed by atoms with E-state index < -0.39 is 0 Å². The van der Waals surface area contributed by atoms with Gasteiger partial charge in [-0.15, -0.1) is 0 Å². The van der Waals surface area contributed by atoms with Crippen molar-refractivity contribution in [2.75, 3.05) is 31.7 Å². The maximum absolute atomic E-state index is 5.50. The minimum absolute atomic E-state index is 0.406. The van der Waals surface area contributed by atoms with Crippen LogP contribution in [0.1, 0.15) is 19.5 Å². The topological polar surface area (TPSA) is 64.5 Å². The predicted octanol–water partition coefficient (Wildman–Crippen LogP) is 1.24. The summed E-state index contributed by atoms with van der Waals surface area (Å²) in [6.45, 7) is 7.06. The van der Waals surface area contributed by atoms with Crippen LogP contribution in [0, 0.1) is 5.92 Å². The number of ether oxygens (including phenoxy) is 1. The number of aromatic nitrogens is 1. The number of hydrogen-bond donors (Lipinski definition) is 1. The monoisotopic (exact) mass is 227 g/mol. The largest absolute Gasteiger partial charge is 0.432 e. The molecule has 92 valence electrons. The maximum Gasteiger partial charge on any atom is 0.297 e. The molecule has 0 aliphatic heterocycles. The van der Waals surface area contributed by atoms with Gasteiger partial charge in [-0.25, -0.2) is 0 Å². The molecule has 0 spiro atoms. The second kappa shape index (κ2) is 6.50. The van der Waals surface area contributed by atoms with Crippen LogP contribution in [-0.2, 0) is 11.3 Å². The van der Waals surface area contributed by atoms with Gasteiger partial charge in [0.2, 0.25) is 0 Å². The van der Waals surface area contributed by atoms with Gasteiger partial charge in [-0.1, -0.05) is 13.8 Å². The minimum Gasteiger partial charge on any atom is -0.432 e. The number of rotatable bonds is 7. The summed E-state index contributed by atoms with van der Waals surface area (Å²) in [6, 6.07) is 0.631. The van der Waals surface area contributed by atoms with Gasteiger partial charge < -0.3 is 19.8 Å². The smallest absolute Gasteiger partial charge is 0.297 e. The molecule has 1 rings (SSSR count). The molecule has 0 unspecified atom stereocenters. The first kappa shape index (κ1) is 13.0. The molecule has 0 fully saturated rings. The van der Waals surface area contributed by atoms with Crippen LogP contribution in [0.15, 0.2) is 10.7 Å². The molecule has 0 bridgehead atoms. The number of nitrogens with two attached hydrogens (primary N) is 1. The van der Waals surface area contributed by atoms with Crippen LogP contribution >= 0.6 is 0 Å². The van der Waals surface area contributed by atoms with Gasteiger partial charge in [0, 0.05) is 26.7 Å². The molecule has 0 aliphatic carbocycles. The molecular formula is C11H21N3O2. The first-order chi connectivity index (χ1) is 7.67. The Labute approximate surface area is 96.6 Å². The van der Waals surface area contributed by atoms with Crippen molar-refractivity contribution in [2.45, 2.75) is 20.4 Å². The van der Waals surface area contributed by atoms with Crippen molar-refractivity contribution < 1.29 is 9.15 Å². The zero-order valence-corrected chi connectivity index (χ0v) is 10.3. The summed E-state index contributed by atoms with van der Waals surface area (Å²) in [5, 5.41) is 0. The van der Waals surface area contributed by atoms with Crippen LogP contribution < -0.4 is 10.6 Å². The van der Waals surface area contributed by atoms with Crippen molar-refractivity contribution in [2.24, 2.45) is 11.7 Å². The summed E-state index contributed by atoms with van der Waals surface area (Å²) in [5.74, 6) is 0.546. The summed E-state index contributed by atoms with van der Waals surface area (Å²) in [4.78, 5) is 6.39. The highest BCUT2D eigenvalue weighted by Crippen LogP contribution is 2.14. The minimum atomic E-state index is 0.406. The van der Waals surface area contributed by atoms with Crippen molar-refractivity contribution >= 4 is 6.01 Å². The third-order valence-corrected chi connectivity index (χ3v) is 2.17. The molecule has 5 heteroatoms. The Morgan fingerprint density at radius 2 is 2.31 bits per heavy atom. The predicted molar refractivity (Wildman–Crippen MR) is 63.3 cm³/mol. The zero-order chi connectivity index (χ0) is 12.0. The Bertz CT molecular complexity index is 299. The number of methoxy groups -OCH3 is 1. The van der Waals surface area contributed by atoms with E-state index in [-0.39, 0.29) is 0 Å². The standard InChI is InChI=1S/C11H21N3O2/c1-9(2)7-14(4-5-15-3)11-13-10(6-12)8-16-11/h8-9H,4-7,12H2,1-3H3. The van der Waals surface area contributed by atoms with E-state index in [2.05, 4.69) is 23.7 Å². The van der Waals surface area contributed by atoms with Crippen molar-refractivity contribution in [3.8, 4) is 0 Å². The zero-order valence-electron chi connectivity index (χ0n) is 10.3. The molecule has 0 aliphatic rings. The lowest BCUT2D eigenvalue weighted by Crippen LogP contribution is -2.31. The van der Waals surface area contributed by atoms with E-state index in [1.165, 1.54) is 0 Å². The second-order valence-electron chi connectivity index (χ2n) is 4.16. The Hall–Kier alpha value is -1.07. The Balaban J connectivity index is 2.66. The lowest BCUT2D eigenvalue weighted by molar-refractivity contribution is 0.203. The van der Waals surface area contributed by atoms with Crippen LogP contribution in [0.25, 0.3) is 0 Å². The van der Waals surface area contributed by atoms with Crippen molar-refractivity contribution in [3.05, 3.63) is 12.0 Å². The average molecular weight is 227 g/mol. The molecule has 0 saturated carbocycles. The van der Waals surface area contributed by atoms with Gasteiger partial charge in [0.15, 0.2) is 0 Å². The summed E-state index contributed by atoms with van der Waals surface area (Å²) in [5.41, 5.74) is 6.28. The molecule has 1 aromatic rings. The van der Waals surface area contributed by atoms with Crippen molar-refractivity contribution in [1.82, 2.24) is 4.98 Å². The van der Waals surface area contributed by atoms with Gasteiger partial charge in [-0.2, -0.15) is 4.98 Å². The van der Waals surface area contributed by atoms with Gasteiger partial charge in [0.05, 0.1) is 12.3 Å². The fraction of sp³-hybridized carbons (Fsp3) is 0.727. The van der Waals surface area contributed by atoms with Crippen molar-refractivity contribution in [1.29, 1.82) is 0 Å². The molecule has 0 amide bonds. The molecule has 5 nitrogen and oxygen atoms in total. The van der Waals surface area contributed by atoms with E-state index in [4.69, 9.17) is 14.9 Å². The number of oxazole rings is 1. The fourth-order valence-corrected chi connectivity index (χ4v) is 1.44. The van der Waals surface area contributed by atoms with Crippen molar-refractivity contribution in [3.63, 3.8) is 0 Å². The van der Waals surface area contributed by atoms with E-state index in [1.807, 2.05) is 0 Å². The maximum atomic E-state index is 5.50. The van der Waals surface area contributed by atoms with Crippen LogP contribution in [0.4, 0.5) is 6.01 Å². The lowest BCUT2D eigenvalue weighted by atomic mass is 10.2. The van der Waals surface area contributed by atoms with Gasteiger partial charge in [-0.3, -0.25) is 0 Å². The van der Waals surface area contributed by atoms with Gasteiger partial charge in [0.1, 0.15) is 6.26 Å². The SMILES string of the molecule is COCCN(CC(C)C)c1nc(CN)co1. The normalized spacial score (nSPS) is 11.1. The quantitative estimate of drug-likeness (QED) is 0.759. The Morgan fingerprint density at radius 1 is 1.56 bits per heavy atom. The summed E-state index contributed by atoms with van der Waals surface area (Å²) >= 11 is 0. The molecule has 16 heavy (non-hydrogen) atoms. The first-order valence-corrected chi connectivity index (χ1v) is 5.55. The second-order valence-corrected chi connectivity index (χ2v) is 4.16. The van der Waals surface area contributed by atoms with Crippen LogP contribution in [0.5, 0.6) is 0 Å². The highest BCUT2D eigenvalue weighted by atomic mass is 16.5. The molecule has 0 radical (unpaired) electrons. The molecular weight excluding hydrogens is 206 g/mol. The molecule has 2 N–H and O–H groups in total. The van der Waals surface area contributed by atoms with Crippen LogP contribution in [0.2, 0.25) is 0 Å². The third-order valence-electron chi connectivity index (χ3n) is 2.17. The van der Waals surface area contributed by atoms with Gasteiger partial charge in [-0.05, 0) is 5.92 Å². The van der Waals surface area contributed by atoms with E-state index in [1.54, 1.807) is 13.4 Å². The fourth-order valence-electron chi connectivity index (χ4n) is 1.44. The van der Waals surface area contributed by atoms with Gasteiger partial charge in [0.25, 0.3) is 6.01 Å². The van der Waals surface area contributed by atoms with Crippen LogP contribution in [0.3, 0.4) is 0 Å². The number of nitrogens with zero attached hydrogens (tertiary/aromatic N) is 2. The number of anilines is 1. The third kappa shape index (κ3) is 3.83. The Kier molecular flexibility index (Phi) is 5.28. The van der Waals surface area contributed by atoms with E-state index in [9.17, 15) is 0 Å². The molecule has 0 atom stereocenters. The number of hydrogen-bond acceptors (Lipinski definition) is 5. The average Bonchev–Trinajstić information content (AvgIpc) is 2.72. The summed E-state index contributed by atoms with van der Waals surface area (Å²) in [6.07, 6.45) is 1.61. The van der Waals surface area contributed by atoms with Crippen LogP contribution in [-0.4, -0.2) is 31.8 Å². The van der Waals surface area contributed by atoms with Gasteiger partial charge >= 0.3 is 0 Å². The van der Waals surface area contributed by atoms with E-state index in [0.717, 1.165) is 18.8 Å². The molecule has 0 aromatic carbocycles. The molecule has 1 heterocycles. The summed E-state index contributed by atoms with van der Waals surface area (Å²) < 4.78 is 10.5. The van der Waals surface area contributed by atoms with E-state index >= 15 is 0 Å². The molecule has 0 saturated heterocycles.